The zero-order valence-corrected chi connectivity index (χ0v) is 7.48. The maximum Gasteiger partial charge on any atom is 0.290 e. The van der Waals surface area contributed by atoms with Crippen molar-refractivity contribution in [2.75, 3.05) is 0 Å². The van der Waals surface area contributed by atoms with Crippen molar-refractivity contribution in [3.63, 3.8) is 0 Å². The normalized spacial score (nSPS) is 10.7. The Morgan fingerprint density at radius 2 is 1.93 bits per heavy atom. The van der Waals surface area contributed by atoms with E-state index in [1.807, 2.05) is 0 Å². The predicted octanol–water partition coefficient (Wildman–Crippen LogP) is 3.09. The van der Waals surface area contributed by atoms with Crippen LogP contribution < -0.4 is 0 Å². The highest BCUT2D eigenvalue weighted by atomic mass is 32.1. The monoisotopic (exact) mass is 215 g/mol. The fourth-order valence-electron chi connectivity index (χ4n) is 1.20. The Labute approximate surface area is 80.7 Å². The minimum Gasteiger partial charge on any atom is -0.258 e. The number of rotatable bonds is 1. The molecule has 1 aromatic heterocycles. The van der Waals surface area contributed by atoms with Gasteiger partial charge in [0.2, 0.25) is 0 Å². The second-order valence-electron chi connectivity index (χ2n) is 2.61. The zero-order valence-electron chi connectivity index (χ0n) is 6.66. The first-order chi connectivity index (χ1) is 6.61. The first-order valence-corrected chi connectivity index (χ1v) is 4.49. The van der Waals surface area contributed by atoms with Crippen LogP contribution in [0.3, 0.4) is 0 Å². The van der Waals surface area contributed by atoms with Crippen LogP contribution in [0.5, 0.6) is 0 Å². The van der Waals surface area contributed by atoms with Gasteiger partial charge >= 0.3 is 0 Å². The number of nitrogens with zero attached hydrogens (tertiary/aromatic N) is 1. The number of fused-ring (bicyclic) bond motifs is 1. The summed E-state index contributed by atoms with van der Waals surface area (Å²) in [6.07, 6.45) is 0. The van der Waals surface area contributed by atoms with Crippen LogP contribution in [0.15, 0.2) is 17.5 Å². The van der Waals surface area contributed by atoms with Crippen LogP contribution in [0.25, 0.3) is 10.1 Å². The topological polar surface area (TPSA) is 43.1 Å². The molecule has 0 saturated heterocycles. The second-order valence-corrected chi connectivity index (χ2v) is 3.49. The van der Waals surface area contributed by atoms with E-state index in [4.69, 9.17) is 0 Å². The van der Waals surface area contributed by atoms with Crippen LogP contribution in [0.1, 0.15) is 0 Å². The molecule has 3 nitrogen and oxygen atoms in total. The van der Waals surface area contributed by atoms with Crippen molar-refractivity contribution < 1.29 is 13.7 Å². The minimum absolute atomic E-state index is 0.0169. The summed E-state index contributed by atoms with van der Waals surface area (Å²) < 4.78 is 26.2. The van der Waals surface area contributed by atoms with Gasteiger partial charge in [-0.3, -0.25) is 10.1 Å². The van der Waals surface area contributed by atoms with Gasteiger partial charge in [-0.2, -0.15) is 0 Å². The number of hydrogen-bond donors (Lipinski definition) is 0. The molecule has 1 heterocycles. The Bertz CT molecular complexity index is 523. The highest BCUT2D eigenvalue weighted by molar-refractivity contribution is 7.17. The molecule has 0 N–H and O–H groups in total. The lowest BCUT2D eigenvalue weighted by atomic mass is 10.2. The summed E-state index contributed by atoms with van der Waals surface area (Å²) in [5.74, 6) is -1.41. The van der Waals surface area contributed by atoms with E-state index < -0.39 is 16.6 Å². The molecule has 0 spiro atoms. The average molecular weight is 215 g/mol. The molecule has 14 heavy (non-hydrogen) atoms. The third-order valence-corrected chi connectivity index (χ3v) is 2.78. The van der Waals surface area contributed by atoms with E-state index in [2.05, 4.69) is 0 Å². The van der Waals surface area contributed by atoms with Crippen molar-refractivity contribution in [2.24, 2.45) is 0 Å². The molecule has 0 amide bonds. The third-order valence-electron chi connectivity index (χ3n) is 1.80. The van der Waals surface area contributed by atoms with Crippen LogP contribution in [-0.4, -0.2) is 4.92 Å². The molecule has 0 atom stereocenters. The molecule has 0 aliphatic carbocycles. The van der Waals surface area contributed by atoms with E-state index in [1.54, 1.807) is 0 Å². The molecule has 0 aliphatic heterocycles. The SMILES string of the molecule is O=[N+]([O-])c1csc2c(F)ccc(F)c12. The van der Waals surface area contributed by atoms with Gasteiger partial charge in [0.15, 0.2) is 0 Å². The average Bonchev–Trinajstić information content (AvgIpc) is 2.56. The molecule has 72 valence electrons. The number of benzene rings is 1. The summed E-state index contributed by atoms with van der Waals surface area (Å²) in [5, 5.41) is 11.3. The summed E-state index contributed by atoms with van der Waals surface area (Å²) in [6, 6.07) is 1.84. The Hall–Kier alpha value is -1.56. The molecule has 0 fully saturated rings. The van der Waals surface area contributed by atoms with Gasteiger partial charge in [0.1, 0.15) is 17.0 Å². The van der Waals surface area contributed by atoms with Gasteiger partial charge in [0, 0.05) is 0 Å². The Morgan fingerprint density at radius 3 is 2.57 bits per heavy atom. The highest BCUT2D eigenvalue weighted by Gasteiger charge is 2.20. The summed E-state index contributed by atoms with van der Waals surface area (Å²) >= 11 is 0.826. The van der Waals surface area contributed by atoms with Crippen molar-refractivity contribution in [3.05, 3.63) is 39.3 Å². The van der Waals surface area contributed by atoms with Gasteiger partial charge in [-0.1, -0.05) is 0 Å². The van der Waals surface area contributed by atoms with Crippen molar-refractivity contribution in [2.45, 2.75) is 0 Å². The number of thiophene rings is 1. The van der Waals surface area contributed by atoms with Gasteiger partial charge < -0.3 is 0 Å². The summed E-state index contributed by atoms with van der Waals surface area (Å²) in [6.45, 7) is 0. The quantitative estimate of drug-likeness (QED) is 0.542. The van der Waals surface area contributed by atoms with Gasteiger partial charge in [0.05, 0.1) is 15.0 Å². The van der Waals surface area contributed by atoms with Gasteiger partial charge in [0.25, 0.3) is 5.69 Å². The smallest absolute Gasteiger partial charge is 0.258 e. The molecule has 0 radical (unpaired) electrons. The molecule has 0 bridgehead atoms. The maximum absolute atomic E-state index is 13.2. The molecule has 1 aromatic carbocycles. The molecule has 0 unspecified atom stereocenters. The molecule has 0 saturated carbocycles. The molecule has 6 heteroatoms. The van der Waals surface area contributed by atoms with E-state index in [-0.39, 0.29) is 15.8 Å². The van der Waals surface area contributed by atoms with Crippen LogP contribution in [-0.2, 0) is 0 Å². The van der Waals surface area contributed by atoms with E-state index in [1.165, 1.54) is 0 Å². The van der Waals surface area contributed by atoms with Crippen LogP contribution >= 0.6 is 11.3 Å². The predicted molar refractivity (Wildman–Crippen MR) is 48.4 cm³/mol. The molecular weight excluding hydrogens is 212 g/mol. The van der Waals surface area contributed by atoms with Crippen LogP contribution in [0.2, 0.25) is 0 Å². The maximum atomic E-state index is 13.2. The van der Waals surface area contributed by atoms with Crippen molar-refractivity contribution >= 4 is 27.1 Å². The highest BCUT2D eigenvalue weighted by Crippen LogP contribution is 2.35. The van der Waals surface area contributed by atoms with Crippen molar-refractivity contribution in [1.29, 1.82) is 0 Å². The lowest BCUT2D eigenvalue weighted by Gasteiger charge is -1.93. The fourth-order valence-corrected chi connectivity index (χ4v) is 2.13. The van der Waals surface area contributed by atoms with Gasteiger partial charge in [-0.25, -0.2) is 8.78 Å². The van der Waals surface area contributed by atoms with E-state index in [0.29, 0.717) is 0 Å². The second kappa shape index (κ2) is 2.98. The van der Waals surface area contributed by atoms with Crippen LogP contribution in [0, 0.1) is 21.7 Å². The lowest BCUT2D eigenvalue weighted by molar-refractivity contribution is -0.382. The standard InChI is InChI=1S/C8H3F2NO2S/c9-4-1-2-5(10)8-7(4)6(3-14-8)11(12)13/h1-3H. The first-order valence-electron chi connectivity index (χ1n) is 3.61. The number of nitro groups is 1. The zero-order chi connectivity index (χ0) is 10.3. The molecule has 2 aromatic rings. The van der Waals surface area contributed by atoms with Crippen LogP contribution in [0.4, 0.5) is 14.5 Å². The number of hydrogen-bond acceptors (Lipinski definition) is 3. The summed E-state index contributed by atoms with van der Waals surface area (Å²) in [5.41, 5.74) is -0.387. The van der Waals surface area contributed by atoms with Gasteiger partial charge in [-0.15, -0.1) is 11.3 Å². The van der Waals surface area contributed by atoms with Gasteiger partial charge in [-0.05, 0) is 12.1 Å². The molecule has 0 aliphatic rings. The minimum atomic E-state index is -0.769. The Morgan fingerprint density at radius 1 is 1.29 bits per heavy atom. The lowest BCUT2D eigenvalue weighted by Crippen LogP contribution is -1.88. The number of halogens is 2. The first kappa shape index (κ1) is 9.01. The van der Waals surface area contributed by atoms with Crippen molar-refractivity contribution in [3.8, 4) is 0 Å². The Kier molecular flexibility index (Phi) is 1.92. The molecule has 2 rings (SSSR count). The van der Waals surface area contributed by atoms with Crippen molar-refractivity contribution in [1.82, 2.24) is 0 Å². The van der Waals surface area contributed by atoms with E-state index in [0.717, 1.165) is 28.8 Å². The largest absolute Gasteiger partial charge is 0.290 e. The molecular formula is C8H3F2NO2S. The van der Waals surface area contributed by atoms with E-state index >= 15 is 0 Å². The fraction of sp³-hybridized carbons (Fsp3) is 0. The third kappa shape index (κ3) is 1.15. The summed E-state index contributed by atoms with van der Waals surface area (Å²) in [7, 11) is 0. The Balaban J connectivity index is 2.90. The summed E-state index contributed by atoms with van der Waals surface area (Å²) in [4.78, 5) is 9.74. The van der Waals surface area contributed by atoms with E-state index in [9.17, 15) is 18.9 Å².